The van der Waals surface area contributed by atoms with E-state index < -0.39 is 5.97 Å². The predicted molar refractivity (Wildman–Crippen MR) is 74.8 cm³/mol. The highest BCUT2D eigenvalue weighted by Crippen LogP contribution is 2.24. The van der Waals surface area contributed by atoms with E-state index in [0.717, 1.165) is 16.3 Å². The van der Waals surface area contributed by atoms with Gasteiger partial charge in [0.15, 0.2) is 6.61 Å². The lowest BCUT2D eigenvalue weighted by atomic mass is 10.0. The van der Waals surface area contributed by atoms with Crippen molar-refractivity contribution in [2.24, 2.45) is 0 Å². The van der Waals surface area contributed by atoms with Crippen LogP contribution in [0.4, 0.5) is 0 Å². The Bertz CT molecular complexity index is 624. The molecular weight excluding hydrogens is 258 g/mol. The van der Waals surface area contributed by atoms with Gasteiger partial charge in [-0.15, -0.1) is 0 Å². The van der Waals surface area contributed by atoms with Crippen LogP contribution in [0.3, 0.4) is 0 Å². The fraction of sp³-hybridized carbons (Fsp3) is 0.200. The van der Waals surface area contributed by atoms with Crippen LogP contribution in [0.2, 0.25) is 0 Å². The number of ether oxygens (including phenoxy) is 1. The van der Waals surface area contributed by atoms with Crippen molar-refractivity contribution in [2.45, 2.75) is 6.42 Å². The van der Waals surface area contributed by atoms with Crippen molar-refractivity contribution in [3.05, 3.63) is 42.0 Å². The van der Waals surface area contributed by atoms with E-state index in [1.165, 1.54) is 0 Å². The van der Waals surface area contributed by atoms with Gasteiger partial charge in [0.2, 0.25) is 6.41 Å². The molecule has 0 spiro atoms. The van der Waals surface area contributed by atoms with Crippen molar-refractivity contribution >= 4 is 23.2 Å². The maximum atomic E-state index is 10.5. The van der Waals surface area contributed by atoms with Crippen molar-refractivity contribution in [3.63, 3.8) is 0 Å². The van der Waals surface area contributed by atoms with Gasteiger partial charge in [0.05, 0.1) is 0 Å². The zero-order chi connectivity index (χ0) is 14.4. The van der Waals surface area contributed by atoms with Crippen molar-refractivity contribution in [3.8, 4) is 5.75 Å². The molecule has 0 radical (unpaired) electrons. The van der Waals surface area contributed by atoms with Crippen LogP contribution in [0.25, 0.3) is 10.8 Å². The van der Waals surface area contributed by atoms with Gasteiger partial charge >= 0.3 is 5.97 Å². The summed E-state index contributed by atoms with van der Waals surface area (Å²) in [6.07, 6.45) is 1.38. The maximum Gasteiger partial charge on any atom is 0.341 e. The number of rotatable bonds is 7. The first-order chi connectivity index (χ1) is 9.70. The van der Waals surface area contributed by atoms with Gasteiger partial charge in [0.25, 0.3) is 0 Å². The molecule has 0 saturated heterocycles. The molecule has 0 atom stereocenters. The first-order valence-electron chi connectivity index (χ1n) is 6.24. The lowest BCUT2D eigenvalue weighted by Crippen LogP contribution is -2.14. The molecule has 2 N–H and O–H groups in total. The zero-order valence-corrected chi connectivity index (χ0v) is 10.8. The van der Waals surface area contributed by atoms with Gasteiger partial charge in [0.1, 0.15) is 5.75 Å². The van der Waals surface area contributed by atoms with Gasteiger partial charge in [-0.3, -0.25) is 4.79 Å². The molecule has 0 fully saturated rings. The second-order valence-electron chi connectivity index (χ2n) is 4.30. The number of carboxylic acid groups (broad SMARTS) is 1. The molecular formula is C15H15NO4. The molecule has 0 aromatic heterocycles. The fourth-order valence-electron chi connectivity index (χ4n) is 2.04. The van der Waals surface area contributed by atoms with Gasteiger partial charge in [-0.1, -0.05) is 24.3 Å². The molecule has 2 aromatic carbocycles. The molecule has 0 bridgehead atoms. The summed E-state index contributed by atoms with van der Waals surface area (Å²) in [5, 5.41) is 13.3. The average Bonchev–Trinajstić information content (AvgIpc) is 2.45. The molecule has 0 aliphatic heterocycles. The topological polar surface area (TPSA) is 75.6 Å². The molecule has 5 nitrogen and oxygen atoms in total. The fourth-order valence-corrected chi connectivity index (χ4v) is 2.04. The smallest absolute Gasteiger partial charge is 0.341 e. The first kappa shape index (κ1) is 13.9. The molecule has 0 unspecified atom stereocenters. The molecule has 5 heteroatoms. The number of aliphatic carboxylic acids is 1. The van der Waals surface area contributed by atoms with Gasteiger partial charge in [-0.25, -0.2) is 4.79 Å². The Morgan fingerprint density at radius 2 is 2.15 bits per heavy atom. The van der Waals surface area contributed by atoms with Crippen LogP contribution >= 0.6 is 0 Å². The summed E-state index contributed by atoms with van der Waals surface area (Å²) < 4.78 is 5.18. The van der Waals surface area contributed by atoms with Crippen LogP contribution in [-0.2, 0) is 16.0 Å². The molecule has 104 valence electrons. The number of nitrogens with one attached hydrogen (secondary N) is 1. The minimum atomic E-state index is -1.01. The predicted octanol–water partition coefficient (Wildman–Crippen LogP) is 1.59. The lowest BCUT2D eigenvalue weighted by Gasteiger charge is -2.09. The molecule has 0 saturated carbocycles. The highest BCUT2D eigenvalue weighted by atomic mass is 16.5. The average molecular weight is 273 g/mol. The van der Waals surface area contributed by atoms with E-state index >= 15 is 0 Å². The van der Waals surface area contributed by atoms with Crippen LogP contribution < -0.4 is 10.1 Å². The molecule has 20 heavy (non-hydrogen) atoms. The number of hydrogen-bond donors (Lipinski definition) is 2. The quantitative estimate of drug-likeness (QED) is 0.593. The summed E-state index contributed by atoms with van der Waals surface area (Å²) in [5.74, 6) is -0.482. The Hall–Kier alpha value is -2.56. The summed E-state index contributed by atoms with van der Waals surface area (Å²) in [5.41, 5.74) is 1.08. The van der Waals surface area contributed by atoms with Crippen LogP contribution in [0.5, 0.6) is 5.75 Å². The van der Waals surface area contributed by atoms with E-state index in [1.807, 2.05) is 30.3 Å². The number of amides is 1. The molecule has 0 aliphatic carbocycles. The van der Waals surface area contributed by atoms with Gasteiger partial charge in [0, 0.05) is 6.54 Å². The van der Waals surface area contributed by atoms with E-state index in [1.54, 1.807) is 6.07 Å². The largest absolute Gasteiger partial charge is 0.482 e. The lowest BCUT2D eigenvalue weighted by molar-refractivity contribution is -0.139. The number of hydrogen-bond acceptors (Lipinski definition) is 3. The van der Waals surface area contributed by atoms with E-state index in [0.29, 0.717) is 25.1 Å². The normalized spacial score (nSPS) is 10.2. The highest BCUT2D eigenvalue weighted by Gasteiger charge is 2.04. The standard InChI is InChI=1S/C15H15NO4/c17-10-16-7-6-12-3-1-2-11-4-5-13(8-14(11)12)20-9-15(18)19/h1-5,8,10H,6-7,9H2,(H,16,17)(H,18,19). The SMILES string of the molecule is O=CNCCc1cccc2ccc(OCC(=O)O)cc12. The van der Waals surface area contributed by atoms with Crippen molar-refractivity contribution in [2.75, 3.05) is 13.2 Å². The summed E-state index contributed by atoms with van der Waals surface area (Å²) in [4.78, 5) is 20.8. The Morgan fingerprint density at radius 1 is 1.30 bits per heavy atom. The molecule has 0 heterocycles. The summed E-state index contributed by atoms with van der Waals surface area (Å²) in [6.45, 7) is 0.198. The van der Waals surface area contributed by atoms with E-state index in [2.05, 4.69) is 5.32 Å². The summed E-state index contributed by atoms with van der Waals surface area (Å²) >= 11 is 0. The van der Waals surface area contributed by atoms with Crippen molar-refractivity contribution in [1.82, 2.24) is 5.32 Å². The minimum absolute atomic E-state index is 0.361. The third-order valence-corrected chi connectivity index (χ3v) is 2.93. The first-order valence-corrected chi connectivity index (χ1v) is 6.24. The molecule has 1 amide bonds. The van der Waals surface area contributed by atoms with Crippen LogP contribution in [-0.4, -0.2) is 30.6 Å². The molecule has 2 aromatic rings. The maximum absolute atomic E-state index is 10.5. The van der Waals surface area contributed by atoms with E-state index in [-0.39, 0.29) is 6.61 Å². The monoisotopic (exact) mass is 273 g/mol. The number of carboxylic acids is 1. The van der Waals surface area contributed by atoms with Crippen LogP contribution in [0.15, 0.2) is 36.4 Å². The van der Waals surface area contributed by atoms with Gasteiger partial charge in [-0.2, -0.15) is 0 Å². The Labute approximate surface area is 116 Å². The van der Waals surface area contributed by atoms with E-state index in [9.17, 15) is 9.59 Å². The van der Waals surface area contributed by atoms with Crippen LogP contribution in [0.1, 0.15) is 5.56 Å². The van der Waals surface area contributed by atoms with Crippen LogP contribution in [0, 0.1) is 0 Å². The second kappa shape index (κ2) is 6.56. The second-order valence-corrected chi connectivity index (χ2v) is 4.30. The zero-order valence-electron chi connectivity index (χ0n) is 10.8. The third-order valence-electron chi connectivity index (χ3n) is 2.93. The van der Waals surface area contributed by atoms with Gasteiger partial charge < -0.3 is 15.2 Å². The number of fused-ring (bicyclic) bond motifs is 1. The Morgan fingerprint density at radius 3 is 2.90 bits per heavy atom. The van der Waals surface area contributed by atoms with Gasteiger partial charge in [-0.05, 0) is 34.9 Å². The summed E-state index contributed by atoms with van der Waals surface area (Å²) in [7, 11) is 0. The molecule has 2 rings (SSSR count). The van der Waals surface area contributed by atoms with Crippen molar-refractivity contribution in [1.29, 1.82) is 0 Å². The minimum Gasteiger partial charge on any atom is -0.482 e. The number of benzene rings is 2. The van der Waals surface area contributed by atoms with E-state index in [4.69, 9.17) is 9.84 Å². The number of carbonyl (C=O) groups is 2. The third kappa shape index (κ3) is 3.47. The number of carbonyl (C=O) groups excluding carboxylic acids is 1. The summed E-state index contributed by atoms with van der Waals surface area (Å²) in [6, 6.07) is 11.4. The highest BCUT2D eigenvalue weighted by molar-refractivity contribution is 5.87. The van der Waals surface area contributed by atoms with Crippen molar-refractivity contribution < 1.29 is 19.4 Å². The molecule has 0 aliphatic rings. The Kier molecular flexibility index (Phi) is 4.55. The Balaban J connectivity index is 2.25.